The molecule has 2 aliphatic carbocycles. The predicted molar refractivity (Wildman–Crippen MR) is 142 cm³/mol. The quantitative estimate of drug-likeness (QED) is 0.308. The number of aromatic nitrogens is 1. The highest BCUT2D eigenvalue weighted by Gasteiger charge is 2.39. The zero-order valence-electron chi connectivity index (χ0n) is 22.8. The number of rotatable bonds is 8. The third-order valence-corrected chi connectivity index (χ3v) is 9.27. The summed E-state index contributed by atoms with van der Waals surface area (Å²) < 4.78 is 87.6. The van der Waals surface area contributed by atoms with E-state index in [4.69, 9.17) is 0 Å². The lowest BCUT2D eigenvalue weighted by Gasteiger charge is -2.32. The van der Waals surface area contributed by atoms with Crippen molar-refractivity contribution in [3.8, 4) is 11.3 Å². The third-order valence-electron chi connectivity index (χ3n) is 7.45. The van der Waals surface area contributed by atoms with Gasteiger partial charge in [-0.2, -0.15) is 17.6 Å². The van der Waals surface area contributed by atoms with Crippen molar-refractivity contribution in [3.05, 3.63) is 41.3 Å². The molecular weight excluding hydrogens is 550 g/mol. The largest absolute Gasteiger partial charge is 0.417 e. The second-order valence-electron chi connectivity index (χ2n) is 12.0. The molecule has 0 aliphatic heterocycles. The summed E-state index contributed by atoms with van der Waals surface area (Å²) in [4.78, 5) is 22.9. The molecule has 220 valence electrons. The molecule has 0 saturated heterocycles. The van der Waals surface area contributed by atoms with E-state index in [0.717, 1.165) is 44.5 Å². The van der Waals surface area contributed by atoms with Gasteiger partial charge in [-0.05, 0) is 76.1 Å². The van der Waals surface area contributed by atoms with Crippen molar-refractivity contribution in [3.63, 3.8) is 0 Å². The fourth-order valence-electron chi connectivity index (χ4n) is 5.49. The number of nitrogens with one attached hydrogen (secondary N) is 2. The van der Waals surface area contributed by atoms with Crippen molar-refractivity contribution in [2.45, 2.75) is 94.9 Å². The summed E-state index contributed by atoms with van der Waals surface area (Å²) in [5.74, 6) is -1.64. The SMILES string of the molecule is CC(C)(C)NS(=O)(=O)c1ccc(-c2cc(C(=O)N[C@H]3C[C@H](C=O)C3)c(F)n2CC2CCCCC2)cc1C(F)(F)F. The highest BCUT2D eigenvalue weighted by atomic mass is 32.2. The van der Waals surface area contributed by atoms with Crippen LogP contribution in [0.25, 0.3) is 11.3 Å². The number of carbonyl (C=O) groups excluding carboxylic acids is 2. The van der Waals surface area contributed by atoms with Gasteiger partial charge >= 0.3 is 6.18 Å². The summed E-state index contributed by atoms with van der Waals surface area (Å²) in [6, 6.07) is 3.71. The van der Waals surface area contributed by atoms with Gasteiger partial charge in [0.2, 0.25) is 16.0 Å². The molecule has 4 rings (SSSR count). The Kier molecular flexibility index (Phi) is 8.52. The molecule has 7 nitrogen and oxygen atoms in total. The first-order chi connectivity index (χ1) is 18.6. The van der Waals surface area contributed by atoms with Gasteiger partial charge in [-0.3, -0.25) is 4.79 Å². The molecule has 0 unspecified atom stereocenters. The lowest BCUT2D eigenvalue weighted by molar-refractivity contribution is -0.139. The standard InChI is InChI=1S/C28H35F4N3O4S/c1-27(2,3)34-40(38,39)24-10-9-19(13-22(24)28(30,31)32)23-14-21(26(37)33-20-11-18(12-20)16-36)25(29)35(23)15-17-7-5-4-6-8-17/h9-10,13-14,16-18,20,34H,4-8,11-12,15H2,1-3H3,(H,33,37)/t18-,20-. The van der Waals surface area contributed by atoms with Gasteiger partial charge in [-0.25, -0.2) is 13.1 Å². The Morgan fingerprint density at radius 3 is 2.30 bits per heavy atom. The maximum atomic E-state index is 15.8. The summed E-state index contributed by atoms with van der Waals surface area (Å²) in [6.07, 6.45) is 1.32. The van der Waals surface area contributed by atoms with Gasteiger partial charge in [0.25, 0.3) is 5.91 Å². The molecule has 12 heteroatoms. The Hall–Kier alpha value is -2.73. The van der Waals surface area contributed by atoms with Crippen molar-refractivity contribution in [2.75, 3.05) is 0 Å². The van der Waals surface area contributed by atoms with Crippen LogP contribution in [0.1, 0.15) is 81.6 Å². The van der Waals surface area contributed by atoms with Crippen LogP contribution in [0.2, 0.25) is 0 Å². The maximum Gasteiger partial charge on any atom is 0.417 e. The number of hydrogen-bond donors (Lipinski definition) is 2. The molecule has 0 atom stereocenters. The van der Waals surface area contributed by atoms with E-state index in [1.165, 1.54) is 37.5 Å². The molecule has 40 heavy (non-hydrogen) atoms. The van der Waals surface area contributed by atoms with Crippen LogP contribution in [-0.4, -0.2) is 36.8 Å². The minimum Gasteiger partial charge on any atom is -0.349 e. The first kappa shape index (κ1) is 30.2. The Morgan fingerprint density at radius 1 is 1.07 bits per heavy atom. The topological polar surface area (TPSA) is 97.3 Å². The molecule has 0 radical (unpaired) electrons. The second-order valence-corrected chi connectivity index (χ2v) is 13.6. The predicted octanol–water partition coefficient (Wildman–Crippen LogP) is 5.68. The number of carbonyl (C=O) groups is 2. The lowest BCUT2D eigenvalue weighted by Crippen LogP contribution is -2.44. The Bertz CT molecular complexity index is 1370. The first-order valence-corrected chi connectivity index (χ1v) is 15.0. The van der Waals surface area contributed by atoms with Crippen LogP contribution in [0.15, 0.2) is 29.2 Å². The smallest absolute Gasteiger partial charge is 0.349 e. The molecule has 2 saturated carbocycles. The number of halogens is 4. The van der Waals surface area contributed by atoms with Crippen LogP contribution in [0.3, 0.4) is 0 Å². The summed E-state index contributed by atoms with van der Waals surface area (Å²) in [6.45, 7) is 4.73. The molecule has 1 aromatic carbocycles. The Morgan fingerprint density at radius 2 is 1.73 bits per heavy atom. The van der Waals surface area contributed by atoms with E-state index in [1.807, 2.05) is 0 Å². The van der Waals surface area contributed by atoms with E-state index in [2.05, 4.69) is 10.0 Å². The van der Waals surface area contributed by atoms with Crippen molar-refractivity contribution < 1.29 is 35.6 Å². The van der Waals surface area contributed by atoms with E-state index in [9.17, 15) is 31.2 Å². The molecule has 1 aromatic heterocycles. The molecule has 1 heterocycles. The number of benzene rings is 1. The van der Waals surface area contributed by atoms with Crippen LogP contribution in [0.4, 0.5) is 17.6 Å². The van der Waals surface area contributed by atoms with Crippen LogP contribution in [0, 0.1) is 17.8 Å². The van der Waals surface area contributed by atoms with E-state index in [-0.39, 0.29) is 41.2 Å². The van der Waals surface area contributed by atoms with Crippen molar-refractivity contribution in [1.82, 2.24) is 14.6 Å². The number of hydrogen-bond acceptors (Lipinski definition) is 4. The Labute approximate surface area is 231 Å². The average Bonchev–Trinajstić information content (AvgIpc) is 3.15. The van der Waals surface area contributed by atoms with Gasteiger partial charge < -0.3 is 14.7 Å². The van der Waals surface area contributed by atoms with Gasteiger partial charge in [0.1, 0.15) is 6.29 Å². The molecule has 0 bridgehead atoms. The van der Waals surface area contributed by atoms with Gasteiger partial charge in [0.15, 0.2) is 0 Å². The molecular formula is C28H35F4N3O4S. The van der Waals surface area contributed by atoms with Gasteiger partial charge in [-0.1, -0.05) is 25.3 Å². The number of sulfonamides is 1. The second kappa shape index (κ2) is 11.3. The summed E-state index contributed by atoms with van der Waals surface area (Å²) in [5, 5.41) is 2.70. The Balaban J connectivity index is 1.77. The van der Waals surface area contributed by atoms with Crippen molar-refractivity contribution in [1.29, 1.82) is 0 Å². The average molecular weight is 586 g/mol. The van der Waals surface area contributed by atoms with E-state index in [0.29, 0.717) is 18.9 Å². The minimum atomic E-state index is -5.02. The number of alkyl halides is 3. The highest BCUT2D eigenvalue weighted by Crippen LogP contribution is 2.39. The van der Waals surface area contributed by atoms with Gasteiger partial charge in [-0.15, -0.1) is 0 Å². The number of amides is 1. The van der Waals surface area contributed by atoms with Gasteiger partial charge in [0, 0.05) is 24.0 Å². The number of nitrogens with zero attached hydrogens (tertiary/aromatic N) is 1. The molecule has 2 fully saturated rings. The van der Waals surface area contributed by atoms with Crippen LogP contribution >= 0.6 is 0 Å². The number of aldehydes is 1. The molecule has 1 amide bonds. The lowest BCUT2D eigenvalue weighted by atomic mass is 9.81. The summed E-state index contributed by atoms with van der Waals surface area (Å²) in [5.41, 5.74) is -2.70. The molecule has 2 aromatic rings. The van der Waals surface area contributed by atoms with Crippen LogP contribution < -0.4 is 10.0 Å². The van der Waals surface area contributed by atoms with E-state index in [1.54, 1.807) is 0 Å². The monoisotopic (exact) mass is 585 g/mol. The van der Waals surface area contributed by atoms with Crippen LogP contribution in [-0.2, 0) is 27.5 Å². The van der Waals surface area contributed by atoms with Crippen molar-refractivity contribution >= 4 is 22.2 Å². The van der Waals surface area contributed by atoms with E-state index >= 15 is 4.39 Å². The fourth-order valence-corrected chi connectivity index (χ4v) is 7.11. The highest BCUT2D eigenvalue weighted by molar-refractivity contribution is 7.89. The van der Waals surface area contributed by atoms with Gasteiger partial charge in [0.05, 0.1) is 21.7 Å². The molecule has 0 spiro atoms. The summed E-state index contributed by atoms with van der Waals surface area (Å²) in [7, 11) is -4.54. The summed E-state index contributed by atoms with van der Waals surface area (Å²) >= 11 is 0. The van der Waals surface area contributed by atoms with Crippen LogP contribution in [0.5, 0.6) is 0 Å². The molecule has 2 aliphatic rings. The van der Waals surface area contributed by atoms with Crippen molar-refractivity contribution in [2.24, 2.45) is 11.8 Å². The maximum absolute atomic E-state index is 15.8. The zero-order chi connectivity index (χ0) is 29.5. The molecule has 2 N–H and O–H groups in total. The zero-order valence-corrected chi connectivity index (χ0v) is 23.6. The minimum absolute atomic E-state index is 0.0551. The third kappa shape index (κ3) is 6.76. The normalized spacial score (nSPS) is 20.7. The van der Waals surface area contributed by atoms with E-state index < -0.39 is 44.1 Å². The first-order valence-electron chi connectivity index (χ1n) is 13.5. The fraction of sp³-hybridized carbons (Fsp3) is 0.571.